The van der Waals surface area contributed by atoms with E-state index in [2.05, 4.69) is 16.5 Å². The highest BCUT2D eigenvalue weighted by Crippen LogP contribution is 2.32. The highest BCUT2D eigenvalue weighted by molar-refractivity contribution is 6.03. The molecule has 31 heavy (non-hydrogen) atoms. The molecular formula is C21H20F3N3O4. The first-order chi connectivity index (χ1) is 14.6. The van der Waals surface area contributed by atoms with Crippen LogP contribution in [0.4, 0.5) is 24.5 Å². The lowest BCUT2D eigenvalue weighted by molar-refractivity contribution is -0.397. The van der Waals surface area contributed by atoms with Crippen LogP contribution in [-0.2, 0) is 11.2 Å². The Balaban J connectivity index is 0.000000339. The number of anilines is 1. The first-order valence-corrected chi connectivity index (χ1v) is 9.39. The molecule has 2 aliphatic rings. The Morgan fingerprint density at radius 3 is 2.52 bits per heavy atom. The van der Waals surface area contributed by atoms with E-state index in [0.717, 1.165) is 46.9 Å². The Labute approximate surface area is 175 Å². The molecule has 164 valence electrons. The molecule has 0 aromatic heterocycles. The van der Waals surface area contributed by atoms with Crippen LogP contribution in [0, 0.1) is 0 Å². The van der Waals surface area contributed by atoms with Crippen LogP contribution >= 0.6 is 0 Å². The lowest BCUT2D eigenvalue weighted by atomic mass is 10.1. The number of carboxylic acids is 1. The summed E-state index contributed by atoms with van der Waals surface area (Å²) < 4.78 is 33.5. The standard InChI is InChI=1S/C19H19N3O2.C2HF3O2/c1-22-11-13-7-9-20-15-10-16(19(24)18(22)17(13)15)21-8-6-12-2-4-14(23)5-3-12;3-2(4,5)1(6)7/h2-5,10-11H,6-9H2,1H3,(H2,20,21,23);(H,6,7). The molecule has 0 unspecified atom stereocenters. The fourth-order valence-corrected chi connectivity index (χ4v) is 3.42. The maximum absolute atomic E-state index is 10.7. The van der Waals surface area contributed by atoms with Crippen molar-refractivity contribution in [3.63, 3.8) is 0 Å². The third kappa shape index (κ3) is 4.96. The van der Waals surface area contributed by atoms with Crippen molar-refractivity contribution in [2.45, 2.75) is 19.0 Å². The van der Waals surface area contributed by atoms with Gasteiger partial charge in [-0.15, -0.1) is 0 Å². The van der Waals surface area contributed by atoms with Gasteiger partial charge in [-0.05, 0) is 36.6 Å². The largest absolute Gasteiger partial charge is 0.542 e. The van der Waals surface area contributed by atoms with Gasteiger partial charge in [0.1, 0.15) is 18.8 Å². The SMILES string of the molecule is C[N+]1=CC2=c3c1c(O)c(NCCc1ccc(O)cc1)cc3=NCC2.O=C([O-])C(F)(F)F. The molecule has 0 saturated heterocycles. The van der Waals surface area contributed by atoms with E-state index in [1.807, 2.05) is 29.8 Å². The van der Waals surface area contributed by atoms with Crippen LogP contribution in [0.15, 0.2) is 35.3 Å². The molecule has 10 heteroatoms. The number of phenolic OH excluding ortho intramolecular Hbond substituents is 2. The topological polar surface area (TPSA) is 108 Å². The number of benzene rings is 2. The van der Waals surface area contributed by atoms with Crippen molar-refractivity contribution in [2.75, 3.05) is 25.5 Å². The number of phenols is 2. The molecule has 7 nitrogen and oxygen atoms in total. The monoisotopic (exact) mass is 435 g/mol. The normalized spacial score (nSPS) is 14.1. The first kappa shape index (κ1) is 22.1. The minimum Gasteiger partial charge on any atom is -0.542 e. The van der Waals surface area contributed by atoms with Crippen molar-refractivity contribution < 1.29 is 37.9 Å². The van der Waals surface area contributed by atoms with Gasteiger partial charge in [0.05, 0.1) is 16.3 Å². The maximum atomic E-state index is 10.7. The third-order valence-electron chi connectivity index (χ3n) is 4.84. The predicted octanol–water partition coefficient (Wildman–Crippen LogP) is 0.583. The summed E-state index contributed by atoms with van der Waals surface area (Å²) in [6.45, 7) is 1.49. The Bertz CT molecular complexity index is 1160. The van der Waals surface area contributed by atoms with Crippen molar-refractivity contribution in [2.24, 2.45) is 4.99 Å². The number of aliphatic carboxylic acids is 1. The molecule has 2 aromatic carbocycles. The summed E-state index contributed by atoms with van der Waals surface area (Å²) in [4.78, 5) is 13.4. The van der Waals surface area contributed by atoms with Gasteiger partial charge < -0.3 is 25.4 Å². The van der Waals surface area contributed by atoms with Crippen LogP contribution in [0.3, 0.4) is 0 Å². The Hall–Kier alpha value is -3.56. The van der Waals surface area contributed by atoms with Gasteiger partial charge in [-0.2, -0.15) is 17.7 Å². The predicted molar refractivity (Wildman–Crippen MR) is 105 cm³/mol. The molecule has 0 saturated carbocycles. The molecular weight excluding hydrogens is 415 g/mol. The van der Waals surface area contributed by atoms with Gasteiger partial charge in [-0.25, -0.2) is 0 Å². The number of rotatable bonds is 4. The van der Waals surface area contributed by atoms with Gasteiger partial charge in [0.2, 0.25) is 5.75 Å². The minimum atomic E-state index is -5.19. The highest BCUT2D eigenvalue weighted by Gasteiger charge is 2.29. The van der Waals surface area contributed by atoms with E-state index in [0.29, 0.717) is 6.54 Å². The number of nitrogens with zero attached hydrogens (tertiary/aromatic N) is 2. The number of alkyl halides is 3. The minimum absolute atomic E-state index is 0.273. The van der Waals surface area contributed by atoms with E-state index in [-0.39, 0.29) is 11.5 Å². The molecule has 0 fully saturated rings. The number of halogens is 3. The van der Waals surface area contributed by atoms with E-state index >= 15 is 0 Å². The fourth-order valence-electron chi connectivity index (χ4n) is 3.42. The second-order valence-electron chi connectivity index (χ2n) is 7.04. The summed E-state index contributed by atoms with van der Waals surface area (Å²) in [5, 5.41) is 34.1. The van der Waals surface area contributed by atoms with Gasteiger partial charge >= 0.3 is 6.18 Å². The molecule has 3 N–H and O–H groups in total. The first-order valence-electron chi connectivity index (χ1n) is 9.39. The van der Waals surface area contributed by atoms with Crippen molar-refractivity contribution >= 4 is 29.1 Å². The summed E-state index contributed by atoms with van der Waals surface area (Å²) in [5.41, 5.74) is 3.95. The van der Waals surface area contributed by atoms with Crippen LogP contribution in [0.2, 0.25) is 0 Å². The quantitative estimate of drug-likeness (QED) is 0.481. The van der Waals surface area contributed by atoms with Crippen molar-refractivity contribution in [3.8, 4) is 11.5 Å². The molecule has 0 amide bonds. The number of aromatic hydroxyl groups is 2. The van der Waals surface area contributed by atoms with Crippen molar-refractivity contribution in [1.82, 2.24) is 0 Å². The fraction of sp³-hybridized carbons (Fsp3) is 0.286. The molecule has 0 aliphatic carbocycles. The smallest absolute Gasteiger partial charge is 0.430 e. The van der Waals surface area contributed by atoms with E-state index in [4.69, 9.17) is 9.90 Å². The van der Waals surface area contributed by atoms with E-state index in [1.165, 1.54) is 5.57 Å². The second-order valence-corrected chi connectivity index (χ2v) is 7.04. The number of carbonyl (C=O) groups is 1. The van der Waals surface area contributed by atoms with E-state index in [9.17, 15) is 23.4 Å². The Morgan fingerprint density at radius 2 is 1.90 bits per heavy atom. The van der Waals surface area contributed by atoms with Crippen LogP contribution in [0.5, 0.6) is 11.5 Å². The molecule has 0 bridgehead atoms. The average Bonchev–Trinajstić information content (AvgIpc) is 3.04. The van der Waals surface area contributed by atoms with Crippen molar-refractivity contribution in [3.05, 3.63) is 46.5 Å². The zero-order chi connectivity index (χ0) is 22.8. The number of carboxylic acid groups (broad SMARTS) is 1. The number of hydrogen-bond donors (Lipinski definition) is 3. The summed E-state index contributed by atoms with van der Waals surface area (Å²) in [5.74, 6) is -2.45. The second kappa shape index (κ2) is 8.66. The Morgan fingerprint density at radius 1 is 1.26 bits per heavy atom. The zero-order valence-electron chi connectivity index (χ0n) is 16.5. The van der Waals surface area contributed by atoms with Crippen LogP contribution in [0.25, 0.3) is 5.57 Å². The van der Waals surface area contributed by atoms with Gasteiger partial charge in [-0.1, -0.05) is 12.1 Å². The van der Waals surface area contributed by atoms with Crippen LogP contribution in [0.1, 0.15) is 12.0 Å². The maximum Gasteiger partial charge on any atom is 0.430 e. The highest BCUT2D eigenvalue weighted by atomic mass is 19.4. The summed E-state index contributed by atoms with van der Waals surface area (Å²) in [7, 11) is 1.96. The van der Waals surface area contributed by atoms with Crippen LogP contribution in [-0.4, -0.2) is 53.3 Å². The molecule has 2 aliphatic heterocycles. The molecule has 0 atom stereocenters. The Kier molecular flexibility index (Phi) is 6.19. The zero-order valence-corrected chi connectivity index (χ0v) is 16.5. The molecule has 2 heterocycles. The number of nitrogens with one attached hydrogen (secondary N) is 1. The summed E-state index contributed by atoms with van der Waals surface area (Å²) in [6, 6.07) is 9.13. The van der Waals surface area contributed by atoms with Crippen molar-refractivity contribution in [1.29, 1.82) is 0 Å². The number of carbonyl (C=O) groups excluding carboxylic acids is 1. The molecule has 0 spiro atoms. The van der Waals surface area contributed by atoms with E-state index in [1.54, 1.807) is 12.1 Å². The van der Waals surface area contributed by atoms with Crippen LogP contribution < -0.4 is 21.0 Å². The van der Waals surface area contributed by atoms with Gasteiger partial charge in [-0.3, -0.25) is 4.99 Å². The average molecular weight is 435 g/mol. The molecule has 0 radical (unpaired) electrons. The van der Waals surface area contributed by atoms with Gasteiger partial charge in [0, 0.05) is 18.7 Å². The number of hydrogen-bond acceptors (Lipinski definition) is 6. The lowest BCUT2D eigenvalue weighted by Crippen LogP contribution is -2.37. The van der Waals surface area contributed by atoms with Gasteiger partial charge in [0.25, 0.3) is 5.69 Å². The van der Waals surface area contributed by atoms with E-state index < -0.39 is 12.1 Å². The van der Waals surface area contributed by atoms with Gasteiger partial charge in [0.15, 0.2) is 6.21 Å². The summed E-state index contributed by atoms with van der Waals surface area (Å²) >= 11 is 0. The molecule has 2 aromatic rings. The molecule has 4 rings (SSSR count). The lowest BCUT2D eigenvalue weighted by Gasteiger charge is -2.10. The third-order valence-corrected chi connectivity index (χ3v) is 4.84. The summed E-state index contributed by atoms with van der Waals surface area (Å²) in [6.07, 6.45) is -1.37.